The maximum absolute atomic E-state index is 13.6. The highest BCUT2D eigenvalue weighted by molar-refractivity contribution is 6.03. The van der Waals surface area contributed by atoms with Crippen LogP contribution in [-0.2, 0) is 16.6 Å². The van der Waals surface area contributed by atoms with Gasteiger partial charge >= 0.3 is 5.69 Å². The largest absolute Gasteiger partial charge is 0.326 e. The van der Waals surface area contributed by atoms with E-state index in [0.29, 0.717) is 17.1 Å². The second kappa shape index (κ2) is 7.89. The average Bonchev–Trinajstić information content (AvgIpc) is 3.34. The van der Waals surface area contributed by atoms with E-state index in [4.69, 9.17) is 0 Å². The van der Waals surface area contributed by atoms with Gasteiger partial charge in [0.15, 0.2) is 5.82 Å². The Balaban J connectivity index is 1.49. The minimum atomic E-state index is -0.993. The van der Waals surface area contributed by atoms with E-state index in [1.54, 1.807) is 31.3 Å². The third-order valence-electron chi connectivity index (χ3n) is 4.94. The number of nitro groups is 1. The number of benzene rings is 2. The molecule has 4 rings (SSSR count). The average molecular weight is 425 g/mol. The molecule has 1 N–H and O–H groups in total. The third kappa shape index (κ3) is 3.95. The van der Waals surface area contributed by atoms with E-state index in [2.05, 4.69) is 20.8 Å². The zero-order chi connectivity index (χ0) is 22.1. The number of nitrogens with one attached hydrogen (secondary N) is 1. The van der Waals surface area contributed by atoms with Gasteiger partial charge in [-0.1, -0.05) is 12.1 Å². The van der Waals surface area contributed by atoms with Crippen molar-refractivity contribution in [3.05, 3.63) is 58.4 Å². The van der Waals surface area contributed by atoms with Crippen molar-refractivity contribution >= 4 is 28.9 Å². The lowest BCUT2D eigenvalue weighted by Gasteiger charge is -2.16. The molecule has 0 spiro atoms. The van der Waals surface area contributed by atoms with Crippen LogP contribution in [0.2, 0.25) is 0 Å². The summed E-state index contributed by atoms with van der Waals surface area (Å²) < 4.78 is 15.1. The molecule has 2 aromatic carbocycles. The lowest BCUT2D eigenvalue weighted by atomic mass is 10.1. The van der Waals surface area contributed by atoms with Gasteiger partial charge in [0, 0.05) is 37.3 Å². The molecule has 1 atom stereocenters. The summed E-state index contributed by atoms with van der Waals surface area (Å²) in [7, 11) is 1.69. The number of halogens is 1. The van der Waals surface area contributed by atoms with E-state index in [0.717, 1.165) is 12.1 Å². The molecule has 0 radical (unpaired) electrons. The molecule has 3 aromatic rings. The van der Waals surface area contributed by atoms with Crippen molar-refractivity contribution in [1.29, 1.82) is 0 Å². The molecule has 1 aliphatic heterocycles. The first kappa shape index (κ1) is 20.1. The molecule has 31 heavy (non-hydrogen) atoms. The van der Waals surface area contributed by atoms with E-state index < -0.39 is 22.3 Å². The van der Waals surface area contributed by atoms with Crippen LogP contribution in [0.15, 0.2) is 42.5 Å². The van der Waals surface area contributed by atoms with Crippen molar-refractivity contribution < 1.29 is 18.9 Å². The first-order chi connectivity index (χ1) is 14.8. The van der Waals surface area contributed by atoms with E-state index >= 15 is 0 Å². The molecule has 11 nitrogen and oxygen atoms in total. The number of tetrazole rings is 1. The number of aryl methyl sites for hydroxylation is 1. The van der Waals surface area contributed by atoms with E-state index in [-0.39, 0.29) is 30.5 Å². The maximum atomic E-state index is 13.6. The van der Waals surface area contributed by atoms with Crippen molar-refractivity contribution in [3.63, 3.8) is 0 Å². The van der Waals surface area contributed by atoms with Gasteiger partial charge in [0.1, 0.15) is 0 Å². The number of rotatable bonds is 5. The van der Waals surface area contributed by atoms with Gasteiger partial charge in [-0.05, 0) is 34.7 Å². The Morgan fingerprint density at radius 2 is 2.10 bits per heavy atom. The van der Waals surface area contributed by atoms with Crippen LogP contribution in [0, 0.1) is 21.8 Å². The molecule has 1 aliphatic rings. The normalized spacial score (nSPS) is 15.9. The predicted octanol–water partition coefficient (Wildman–Crippen LogP) is 1.92. The molecule has 0 aliphatic carbocycles. The number of carbonyl (C=O) groups is 2. The zero-order valence-corrected chi connectivity index (χ0v) is 16.2. The van der Waals surface area contributed by atoms with Crippen LogP contribution >= 0.6 is 0 Å². The quantitative estimate of drug-likeness (QED) is 0.487. The van der Waals surface area contributed by atoms with E-state index in [9.17, 15) is 24.1 Å². The lowest BCUT2D eigenvalue weighted by Crippen LogP contribution is -2.28. The van der Waals surface area contributed by atoms with Crippen LogP contribution in [0.25, 0.3) is 11.4 Å². The van der Waals surface area contributed by atoms with Gasteiger partial charge in [0.2, 0.25) is 17.6 Å². The molecule has 1 saturated heterocycles. The van der Waals surface area contributed by atoms with Crippen molar-refractivity contribution in [2.75, 3.05) is 16.8 Å². The zero-order valence-electron chi connectivity index (χ0n) is 16.2. The Morgan fingerprint density at radius 1 is 1.29 bits per heavy atom. The Kier molecular flexibility index (Phi) is 5.11. The summed E-state index contributed by atoms with van der Waals surface area (Å²) in [5, 5.41) is 25.0. The summed E-state index contributed by atoms with van der Waals surface area (Å²) in [4.78, 5) is 36.5. The fourth-order valence-corrected chi connectivity index (χ4v) is 3.40. The van der Waals surface area contributed by atoms with Gasteiger partial charge in [-0.25, -0.2) is 4.68 Å². The van der Waals surface area contributed by atoms with Gasteiger partial charge in [-0.3, -0.25) is 19.7 Å². The monoisotopic (exact) mass is 425 g/mol. The molecular formula is C19H16FN7O4. The lowest BCUT2D eigenvalue weighted by molar-refractivity contribution is -0.387. The number of nitrogens with zero attached hydrogens (tertiary/aromatic N) is 6. The Hall–Kier alpha value is -4.22. The smallest absolute Gasteiger partial charge is 0.306 e. The van der Waals surface area contributed by atoms with Gasteiger partial charge in [0.05, 0.1) is 16.5 Å². The molecule has 0 bridgehead atoms. The molecule has 1 aromatic heterocycles. The van der Waals surface area contributed by atoms with Crippen LogP contribution in [0.4, 0.5) is 21.5 Å². The Labute approximate surface area is 174 Å². The van der Waals surface area contributed by atoms with Crippen LogP contribution in [0.3, 0.4) is 0 Å². The Morgan fingerprint density at radius 3 is 2.81 bits per heavy atom. The minimum Gasteiger partial charge on any atom is -0.326 e. The number of aromatic nitrogens is 4. The SMILES string of the molecule is Cn1nnnc1-c1cccc(NC(=O)C2CC(=O)N(c3ccc(F)c([N+](=O)[O-])c3)C2)c1. The topological polar surface area (TPSA) is 136 Å². The fraction of sp³-hybridized carbons (Fsp3) is 0.211. The highest BCUT2D eigenvalue weighted by atomic mass is 19.1. The van der Waals surface area contributed by atoms with Gasteiger partial charge in [-0.2, -0.15) is 4.39 Å². The molecule has 158 valence electrons. The highest BCUT2D eigenvalue weighted by Crippen LogP contribution is 2.30. The highest BCUT2D eigenvalue weighted by Gasteiger charge is 2.36. The number of nitro benzene ring substituents is 1. The van der Waals surface area contributed by atoms with Crippen molar-refractivity contribution in [3.8, 4) is 11.4 Å². The van der Waals surface area contributed by atoms with Gasteiger partial charge in [0.25, 0.3) is 0 Å². The van der Waals surface area contributed by atoms with Crippen LogP contribution in [0.5, 0.6) is 0 Å². The molecule has 12 heteroatoms. The Bertz CT molecular complexity index is 1200. The number of carbonyl (C=O) groups excluding carboxylic acids is 2. The minimum absolute atomic E-state index is 0.0281. The molecule has 2 amide bonds. The summed E-state index contributed by atoms with van der Waals surface area (Å²) >= 11 is 0. The summed E-state index contributed by atoms with van der Waals surface area (Å²) in [5.41, 5.74) is 0.653. The first-order valence-corrected chi connectivity index (χ1v) is 9.21. The van der Waals surface area contributed by atoms with E-state index in [1.807, 2.05) is 0 Å². The van der Waals surface area contributed by atoms with Crippen molar-refractivity contribution in [2.45, 2.75) is 6.42 Å². The maximum Gasteiger partial charge on any atom is 0.306 e. The molecule has 1 unspecified atom stereocenters. The number of hydrogen-bond acceptors (Lipinski definition) is 7. The summed E-state index contributed by atoms with van der Waals surface area (Å²) in [6.07, 6.45) is -0.0656. The number of hydrogen-bond donors (Lipinski definition) is 1. The second-order valence-electron chi connectivity index (χ2n) is 6.99. The van der Waals surface area contributed by atoms with Crippen LogP contribution in [-0.4, -0.2) is 43.5 Å². The number of anilines is 2. The van der Waals surface area contributed by atoms with Crippen LogP contribution < -0.4 is 10.2 Å². The standard InChI is InChI=1S/C19H16FN7O4/c1-25-18(22-23-24-25)11-3-2-4-13(7-11)21-19(29)12-8-17(28)26(10-12)14-5-6-15(20)16(9-14)27(30)31/h2-7,9,12H,8,10H2,1H3,(H,21,29). The summed E-state index contributed by atoms with van der Waals surface area (Å²) in [6.45, 7) is 0.0281. The second-order valence-corrected chi connectivity index (χ2v) is 6.99. The van der Waals surface area contributed by atoms with E-state index in [1.165, 1.54) is 15.6 Å². The third-order valence-corrected chi connectivity index (χ3v) is 4.94. The van der Waals surface area contributed by atoms with Crippen molar-refractivity contribution in [1.82, 2.24) is 20.2 Å². The predicted molar refractivity (Wildman–Crippen MR) is 106 cm³/mol. The fourth-order valence-electron chi connectivity index (χ4n) is 3.40. The molecule has 0 saturated carbocycles. The molecular weight excluding hydrogens is 409 g/mol. The van der Waals surface area contributed by atoms with Crippen LogP contribution in [0.1, 0.15) is 6.42 Å². The first-order valence-electron chi connectivity index (χ1n) is 9.21. The van der Waals surface area contributed by atoms with Crippen molar-refractivity contribution in [2.24, 2.45) is 13.0 Å². The number of amides is 2. The molecule has 2 heterocycles. The summed E-state index contributed by atoms with van der Waals surface area (Å²) in [5.74, 6) is -1.89. The molecule has 1 fully saturated rings. The van der Waals surface area contributed by atoms with Gasteiger partial charge < -0.3 is 10.2 Å². The summed E-state index contributed by atoms with van der Waals surface area (Å²) in [6, 6.07) is 10.1. The van der Waals surface area contributed by atoms with Gasteiger partial charge in [-0.15, -0.1) is 5.10 Å².